The molecular formula is C14H8N4O. The second kappa shape index (κ2) is 6.36. The molecule has 0 aliphatic rings. The van der Waals surface area contributed by atoms with Gasteiger partial charge >= 0.3 is 0 Å². The zero-order chi connectivity index (χ0) is 14.3. The van der Waals surface area contributed by atoms with Gasteiger partial charge < -0.3 is 10.1 Å². The summed E-state index contributed by atoms with van der Waals surface area (Å²) in [6, 6.07) is 9.89. The van der Waals surface area contributed by atoms with E-state index in [9.17, 15) is 0 Å². The number of benzene rings is 1. The molecule has 0 fully saturated rings. The minimum atomic E-state index is -0.291. The zero-order valence-corrected chi connectivity index (χ0v) is 10.1. The maximum atomic E-state index is 8.91. The van der Waals surface area contributed by atoms with Crippen LogP contribution >= 0.6 is 0 Å². The molecule has 0 aliphatic carbocycles. The molecule has 0 bridgehead atoms. The van der Waals surface area contributed by atoms with E-state index in [0.717, 1.165) is 0 Å². The number of terminal acetylenes is 1. The molecule has 1 N–H and O–H groups in total. The third-order valence-corrected chi connectivity index (χ3v) is 2.21. The zero-order valence-electron chi connectivity index (χ0n) is 10.1. The number of allylic oxidation sites excluding steroid dienone is 2. The van der Waals surface area contributed by atoms with E-state index in [2.05, 4.69) is 11.2 Å². The summed E-state index contributed by atoms with van der Waals surface area (Å²) in [7, 11) is 1.49. The van der Waals surface area contributed by atoms with Gasteiger partial charge in [-0.05, 0) is 18.2 Å². The quantitative estimate of drug-likeness (QED) is 0.651. The Hall–Kier alpha value is -3.41. The summed E-state index contributed by atoms with van der Waals surface area (Å²) in [6.45, 7) is 0. The Morgan fingerprint density at radius 2 is 1.89 bits per heavy atom. The van der Waals surface area contributed by atoms with E-state index < -0.39 is 0 Å². The van der Waals surface area contributed by atoms with Crippen LogP contribution in [0.3, 0.4) is 0 Å². The molecule has 1 aromatic rings. The Bertz CT molecular complexity index is 674. The highest BCUT2D eigenvalue weighted by molar-refractivity contribution is 5.62. The molecule has 5 nitrogen and oxygen atoms in total. The number of nitrogens with one attached hydrogen (secondary N) is 1. The molecular weight excluding hydrogens is 240 g/mol. The number of anilines is 1. The monoisotopic (exact) mass is 248 g/mol. The highest BCUT2D eigenvalue weighted by Crippen LogP contribution is 2.22. The van der Waals surface area contributed by atoms with Crippen LogP contribution in [0.15, 0.2) is 29.5 Å². The smallest absolute Gasteiger partial charge is 0.163 e. The molecule has 90 valence electrons. The Morgan fingerprint density at radius 3 is 2.37 bits per heavy atom. The van der Waals surface area contributed by atoms with Gasteiger partial charge in [-0.1, -0.05) is 5.92 Å². The first-order chi connectivity index (χ1) is 9.19. The minimum Gasteiger partial charge on any atom is -0.495 e. The molecule has 1 rings (SSSR count). The van der Waals surface area contributed by atoms with Gasteiger partial charge in [-0.2, -0.15) is 15.8 Å². The summed E-state index contributed by atoms with van der Waals surface area (Å²) in [5.74, 6) is 2.97. The van der Waals surface area contributed by atoms with Gasteiger partial charge in [0, 0.05) is 5.69 Å². The lowest BCUT2D eigenvalue weighted by molar-refractivity contribution is 0.413. The maximum absolute atomic E-state index is 8.91. The molecule has 0 amide bonds. The van der Waals surface area contributed by atoms with E-state index in [0.29, 0.717) is 17.0 Å². The normalized spacial score (nSPS) is 8.05. The second-order valence-corrected chi connectivity index (χ2v) is 3.27. The van der Waals surface area contributed by atoms with Crippen molar-refractivity contribution >= 4 is 5.69 Å². The van der Waals surface area contributed by atoms with Gasteiger partial charge in [0.05, 0.1) is 12.7 Å². The van der Waals surface area contributed by atoms with Crippen LogP contribution in [0.25, 0.3) is 0 Å². The van der Waals surface area contributed by atoms with Crippen molar-refractivity contribution in [2.75, 3.05) is 12.4 Å². The fraction of sp³-hybridized carbons (Fsp3) is 0.0714. The van der Waals surface area contributed by atoms with Gasteiger partial charge in [0.1, 0.15) is 29.7 Å². The fourth-order valence-electron chi connectivity index (χ4n) is 1.33. The summed E-state index contributed by atoms with van der Waals surface area (Å²) >= 11 is 0. The summed E-state index contributed by atoms with van der Waals surface area (Å²) in [6.07, 6.45) is 5.33. The number of rotatable bonds is 3. The van der Waals surface area contributed by atoms with Crippen LogP contribution in [-0.4, -0.2) is 7.11 Å². The third-order valence-electron chi connectivity index (χ3n) is 2.21. The first-order valence-corrected chi connectivity index (χ1v) is 5.06. The molecule has 0 saturated heterocycles. The van der Waals surface area contributed by atoms with Crippen molar-refractivity contribution in [3.8, 4) is 36.3 Å². The summed E-state index contributed by atoms with van der Waals surface area (Å²) < 4.78 is 5.06. The third kappa shape index (κ3) is 3.04. The van der Waals surface area contributed by atoms with Gasteiger partial charge in [-0.25, -0.2) is 0 Å². The molecule has 0 aliphatic heterocycles. The molecule has 19 heavy (non-hydrogen) atoms. The molecule has 0 unspecified atom stereocenters. The minimum absolute atomic E-state index is 0.127. The molecule has 5 heteroatoms. The van der Waals surface area contributed by atoms with Crippen LogP contribution < -0.4 is 10.1 Å². The molecule has 0 atom stereocenters. The van der Waals surface area contributed by atoms with Gasteiger partial charge in [0.15, 0.2) is 5.57 Å². The molecule has 1 aromatic carbocycles. The molecule has 0 heterocycles. The maximum Gasteiger partial charge on any atom is 0.163 e. The SMILES string of the molecule is C#Cc1cc(NC(C#N)=C(C#N)C#N)ccc1OC. The summed E-state index contributed by atoms with van der Waals surface area (Å²) in [5.41, 5.74) is 0.576. The van der Waals surface area contributed by atoms with Crippen LogP contribution in [0, 0.1) is 46.3 Å². The summed E-state index contributed by atoms with van der Waals surface area (Å²) in [4.78, 5) is 0. The van der Waals surface area contributed by atoms with Crippen LogP contribution in [0.4, 0.5) is 5.69 Å². The van der Waals surface area contributed by atoms with E-state index >= 15 is 0 Å². The Labute approximate surface area is 111 Å². The Kier molecular flexibility index (Phi) is 4.57. The fourth-order valence-corrected chi connectivity index (χ4v) is 1.33. The first-order valence-electron chi connectivity index (χ1n) is 5.06. The number of methoxy groups -OCH3 is 1. The highest BCUT2D eigenvalue weighted by atomic mass is 16.5. The average molecular weight is 248 g/mol. The van der Waals surface area contributed by atoms with Crippen LogP contribution in [0.1, 0.15) is 5.56 Å². The number of hydrogen-bond donors (Lipinski definition) is 1. The van der Waals surface area contributed by atoms with Crippen LogP contribution in [0.5, 0.6) is 5.75 Å². The number of ether oxygens (including phenoxy) is 1. The second-order valence-electron chi connectivity index (χ2n) is 3.27. The highest BCUT2D eigenvalue weighted by Gasteiger charge is 2.08. The van der Waals surface area contributed by atoms with E-state index in [-0.39, 0.29) is 11.3 Å². The summed E-state index contributed by atoms with van der Waals surface area (Å²) in [5, 5.41) is 29.0. The van der Waals surface area contributed by atoms with Crippen LogP contribution in [-0.2, 0) is 0 Å². The molecule has 0 radical (unpaired) electrons. The van der Waals surface area contributed by atoms with E-state index in [1.165, 1.54) is 7.11 Å². The van der Waals surface area contributed by atoms with E-state index in [1.807, 2.05) is 0 Å². The Balaban J connectivity index is 3.20. The molecule has 0 aromatic heterocycles. The lowest BCUT2D eigenvalue weighted by Gasteiger charge is -2.08. The number of nitriles is 3. The first kappa shape index (κ1) is 13.7. The van der Waals surface area contributed by atoms with Gasteiger partial charge in [-0.15, -0.1) is 6.42 Å². The Morgan fingerprint density at radius 1 is 1.21 bits per heavy atom. The number of hydrogen-bond acceptors (Lipinski definition) is 5. The van der Waals surface area contributed by atoms with Crippen molar-refractivity contribution in [3.63, 3.8) is 0 Å². The van der Waals surface area contributed by atoms with Crippen molar-refractivity contribution in [1.82, 2.24) is 0 Å². The van der Waals surface area contributed by atoms with Crippen molar-refractivity contribution < 1.29 is 4.74 Å². The van der Waals surface area contributed by atoms with Gasteiger partial charge in [-0.3, -0.25) is 0 Å². The largest absolute Gasteiger partial charge is 0.495 e. The molecule has 0 saturated carbocycles. The predicted octanol–water partition coefficient (Wildman–Crippen LogP) is 1.91. The van der Waals surface area contributed by atoms with Gasteiger partial charge in [0.25, 0.3) is 0 Å². The predicted molar refractivity (Wildman–Crippen MR) is 68.4 cm³/mol. The lowest BCUT2D eigenvalue weighted by atomic mass is 10.1. The van der Waals surface area contributed by atoms with Crippen molar-refractivity contribution in [2.24, 2.45) is 0 Å². The van der Waals surface area contributed by atoms with Crippen molar-refractivity contribution in [1.29, 1.82) is 15.8 Å². The van der Waals surface area contributed by atoms with Crippen LogP contribution in [0.2, 0.25) is 0 Å². The topological polar surface area (TPSA) is 92.6 Å². The van der Waals surface area contributed by atoms with Gasteiger partial charge in [0.2, 0.25) is 0 Å². The lowest BCUT2D eigenvalue weighted by Crippen LogP contribution is -2.01. The van der Waals surface area contributed by atoms with E-state index in [1.54, 1.807) is 36.4 Å². The standard InChI is InChI=1S/C14H8N4O/c1-3-10-6-12(4-5-14(10)19-2)18-13(9-17)11(7-15)8-16/h1,4-6,18H,2H3. The van der Waals surface area contributed by atoms with Crippen molar-refractivity contribution in [3.05, 3.63) is 35.0 Å². The van der Waals surface area contributed by atoms with Crippen molar-refractivity contribution in [2.45, 2.75) is 0 Å². The molecule has 0 spiro atoms. The number of nitrogens with zero attached hydrogens (tertiary/aromatic N) is 3. The average Bonchev–Trinajstić information content (AvgIpc) is 2.46. The van der Waals surface area contributed by atoms with E-state index in [4.69, 9.17) is 26.9 Å².